The van der Waals surface area contributed by atoms with E-state index in [0.717, 1.165) is 17.5 Å². The molecule has 0 saturated heterocycles. The number of benzene rings is 2. The van der Waals surface area contributed by atoms with Gasteiger partial charge < -0.3 is 4.74 Å². The molecule has 0 aliphatic heterocycles. The van der Waals surface area contributed by atoms with Crippen molar-refractivity contribution in [1.29, 1.82) is 5.26 Å². The van der Waals surface area contributed by atoms with Crippen LogP contribution in [0.1, 0.15) is 69.8 Å². The predicted octanol–water partition coefficient (Wildman–Crippen LogP) is 12.5. The Labute approximate surface area is 280 Å². The number of ether oxygens (including phenoxy) is 1. The zero-order chi connectivity index (χ0) is 39.2. The lowest BCUT2D eigenvalue weighted by Gasteiger charge is -2.42. The maximum Gasteiger partial charge on any atom is 0.460 e. The fourth-order valence-electron chi connectivity index (χ4n) is 4.71. The molecule has 0 atom stereocenters. The lowest BCUT2D eigenvalue weighted by atomic mass is 9.87. The van der Waals surface area contributed by atoms with E-state index in [9.17, 15) is 74.6 Å². The van der Waals surface area contributed by atoms with Crippen molar-refractivity contribution in [1.82, 2.24) is 0 Å². The summed E-state index contributed by atoms with van der Waals surface area (Å²) in [5.74, 6) is -55.3. The summed E-state index contributed by atoms with van der Waals surface area (Å²) >= 11 is 0. The van der Waals surface area contributed by atoms with Crippen LogP contribution >= 0.6 is 0 Å². The van der Waals surface area contributed by atoms with E-state index >= 15 is 0 Å². The van der Waals surface area contributed by atoms with E-state index in [2.05, 4.69) is 0 Å². The first kappa shape index (κ1) is 43.7. The number of halogens is 17. The summed E-state index contributed by atoms with van der Waals surface area (Å²) in [6.45, 7) is 0.389. The third-order valence-electron chi connectivity index (χ3n) is 7.89. The first-order chi connectivity index (χ1) is 23.2. The first-order valence-electron chi connectivity index (χ1n) is 15.2. The van der Waals surface area contributed by atoms with Crippen molar-refractivity contribution in [3.8, 4) is 22.9 Å². The molecule has 19 heteroatoms. The average Bonchev–Trinajstić information content (AvgIpc) is 3.04. The number of nitrogens with zero attached hydrogens (tertiary/aromatic N) is 1. The van der Waals surface area contributed by atoms with Crippen molar-refractivity contribution in [3.05, 3.63) is 54.1 Å². The van der Waals surface area contributed by atoms with E-state index in [4.69, 9.17) is 10.00 Å². The van der Waals surface area contributed by atoms with Crippen molar-refractivity contribution in [2.45, 2.75) is 112 Å². The highest BCUT2D eigenvalue weighted by Crippen LogP contribution is 2.64. The summed E-state index contributed by atoms with van der Waals surface area (Å²) in [5.41, 5.74) is 2.36. The second-order valence-electron chi connectivity index (χ2n) is 11.6. The SMILES string of the molecule is N#Cc1ccc(-c2ccc(OCCCCCCCCCCCC(F)(F)C(F)(F)C(F)(F)C(F)(F)C(F)(F)C(F)(F)C(F)(F)C(F)(F)F)cc2)cc1. The van der Waals surface area contributed by atoms with Crippen LogP contribution in [0.3, 0.4) is 0 Å². The van der Waals surface area contributed by atoms with Crippen molar-refractivity contribution in [3.63, 3.8) is 0 Å². The normalized spacial score (nSPS) is 14.0. The molecule has 0 aliphatic carbocycles. The molecule has 0 bridgehead atoms. The maximum absolute atomic E-state index is 14.0. The molecule has 2 aromatic rings. The number of rotatable bonds is 20. The van der Waals surface area contributed by atoms with Crippen LogP contribution in [-0.2, 0) is 0 Å². The fourth-order valence-corrected chi connectivity index (χ4v) is 4.71. The summed E-state index contributed by atoms with van der Waals surface area (Å²) in [7, 11) is 0. The minimum absolute atomic E-state index is 0.0343. The lowest BCUT2D eigenvalue weighted by Crippen LogP contribution is -2.74. The van der Waals surface area contributed by atoms with Crippen LogP contribution in [-0.4, -0.2) is 54.2 Å². The molecule has 0 saturated carbocycles. The lowest BCUT2D eigenvalue weighted by molar-refractivity contribution is -0.461. The van der Waals surface area contributed by atoms with Gasteiger partial charge in [-0.3, -0.25) is 0 Å². The van der Waals surface area contributed by atoms with Gasteiger partial charge in [0, 0.05) is 6.42 Å². The summed E-state index contributed by atoms with van der Waals surface area (Å²) in [6.07, 6.45) is -8.05. The van der Waals surface area contributed by atoms with E-state index < -0.39 is 66.9 Å². The van der Waals surface area contributed by atoms with Gasteiger partial charge in [0.05, 0.1) is 18.2 Å². The van der Waals surface area contributed by atoms with Crippen molar-refractivity contribution >= 4 is 0 Å². The van der Waals surface area contributed by atoms with Gasteiger partial charge in [-0.2, -0.15) is 79.9 Å². The first-order valence-corrected chi connectivity index (χ1v) is 15.2. The molecular formula is C32H30F17NO. The van der Waals surface area contributed by atoms with Crippen molar-refractivity contribution in [2.24, 2.45) is 0 Å². The summed E-state index contributed by atoms with van der Waals surface area (Å²) in [4.78, 5) is 0. The Balaban J connectivity index is 1.75. The third-order valence-corrected chi connectivity index (χ3v) is 7.89. The molecule has 0 fully saturated rings. The third kappa shape index (κ3) is 8.95. The Morgan fingerprint density at radius 2 is 0.784 bits per heavy atom. The molecule has 0 aromatic heterocycles. The molecule has 0 N–H and O–H groups in total. The number of hydrogen-bond donors (Lipinski definition) is 0. The smallest absolute Gasteiger partial charge is 0.460 e. The highest BCUT2D eigenvalue weighted by Gasteiger charge is 2.95. The molecule has 0 spiro atoms. The zero-order valence-electron chi connectivity index (χ0n) is 26.2. The maximum atomic E-state index is 14.0. The monoisotopic (exact) mass is 767 g/mol. The van der Waals surface area contributed by atoms with Crippen LogP contribution in [0.25, 0.3) is 11.1 Å². The number of unbranched alkanes of at least 4 members (excludes halogenated alkanes) is 8. The minimum Gasteiger partial charge on any atom is -0.494 e. The molecule has 0 radical (unpaired) electrons. The largest absolute Gasteiger partial charge is 0.494 e. The molecule has 2 aromatic carbocycles. The molecule has 0 aliphatic rings. The zero-order valence-corrected chi connectivity index (χ0v) is 26.2. The van der Waals surface area contributed by atoms with E-state index in [1.165, 1.54) is 0 Å². The Morgan fingerprint density at radius 3 is 1.20 bits per heavy atom. The molecule has 2 rings (SSSR count). The van der Waals surface area contributed by atoms with Gasteiger partial charge in [-0.25, -0.2) is 0 Å². The average molecular weight is 768 g/mol. The summed E-state index contributed by atoms with van der Waals surface area (Å²) < 4.78 is 233. The van der Waals surface area contributed by atoms with Crippen LogP contribution in [0, 0.1) is 11.3 Å². The second-order valence-corrected chi connectivity index (χ2v) is 11.6. The second kappa shape index (κ2) is 16.1. The predicted molar refractivity (Wildman–Crippen MR) is 149 cm³/mol. The number of alkyl halides is 17. The van der Waals surface area contributed by atoms with Crippen molar-refractivity contribution < 1.29 is 79.4 Å². The number of nitriles is 1. The molecule has 51 heavy (non-hydrogen) atoms. The summed E-state index contributed by atoms with van der Waals surface area (Å²) in [5, 5.41) is 8.87. The highest BCUT2D eigenvalue weighted by molar-refractivity contribution is 5.64. The quantitative estimate of drug-likeness (QED) is 0.0993. The molecule has 2 nitrogen and oxygen atoms in total. The highest BCUT2D eigenvalue weighted by atomic mass is 19.4. The van der Waals surface area contributed by atoms with E-state index in [1.807, 2.05) is 30.3 Å². The Hall–Kier alpha value is -3.46. The van der Waals surface area contributed by atoms with Crippen molar-refractivity contribution in [2.75, 3.05) is 6.61 Å². The van der Waals surface area contributed by atoms with Gasteiger partial charge in [0.15, 0.2) is 0 Å². The molecular weight excluding hydrogens is 737 g/mol. The fraction of sp³-hybridized carbons (Fsp3) is 0.594. The Kier molecular flexibility index (Phi) is 13.8. The van der Waals surface area contributed by atoms with E-state index in [0.29, 0.717) is 50.0 Å². The van der Waals surface area contributed by atoms with Crippen LogP contribution in [0.4, 0.5) is 74.6 Å². The van der Waals surface area contributed by atoms with Gasteiger partial charge in [0.25, 0.3) is 0 Å². The number of hydrogen-bond acceptors (Lipinski definition) is 2. The molecule has 0 amide bonds. The van der Waals surface area contributed by atoms with Gasteiger partial charge in [-0.05, 0) is 48.2 Å². The topological polar surface area (TPSA) is 33.0 Å². The van der Waals surface area contributed by atoms with Crippen LogP contribution < -0.4 is 4.74 Å². The Bertz CT molecular complexity index is 1430. The molecule has 0 unspecified atom stereocenters. The van der Waals surface area contributed by atoms with Gasteiger partial charge in [0.2, 0.25) is 0 Å². The summed E-state index contributed by atoms with van der Waals surface area (Å²) in [6, 6.07) is 16.3. The van der Waals surface area contributed by atoms with Crippen LogP contribution in [0.15, 0.2) is 48.5 Å². The van der Waals surface area contributed by atoms with Crippen LogP contribution in [0.2, 0.25) is 0 Å². The van der Waals surface area contributed by atoms with Gasteiger partial charge in [-0.1, -0.05) is 69.2 Å². The molecule has 0 heterocycles. The van der Waals surface area contributed by atoms with E-state index in [-0.39, 0.29) is 6.42 Å². The van der Waals surface area contributed by atoms with E-state index in [1.54, 1.807) is 24.3 Å². The minimum atomic E-state index is -8.60. The van der Waals surface area contributed by atoms with Crippen LogP contribution in [0.5, 0.6) is 5.75 Å². The van der Waals surface area contributed by atoms with Gasteiger partial charge in [-0.15, -0.1) is 0 Å². The standard InChI is InChI=1S/C32H30F17NO/c33-25(34,26(35,36)27(37,38)28(39,40)29(41,42)30(43,44)31(45,46)32(47,48)49)18-8-6-4-2-1-3-5-7-9-19-51-24-16-14-23(15-17-24)22-12-10-21(20-50)11-13-22/h10-17H,1-9,18-19H2. The van der Waals surface area contributed by atoms with Gasteiger partial charge in [0.1, 0.15) is 5.75 Å². The molecule has 288 valence electrons. The van der Waals surface area contributed by atoms with Gasteiger partial charge >= 0.3 is 47.6 Å². The Morgan fingerprint density at radius 1 is 0.431 bits per heavy atom.